The van der Waals surface area contributed by atoms with Crippen LogP contribution in [0.25, 0.3) is 0 Å². The van der Waals surface area contributed by atoms with Gasteiger partial charge < -0.3 is 67.5 Å². The third-order valence-corrected chi connectivity index (χ3v) is 14.0. The van der Waals surface area contributed by atoms with Crippen LogP contribution in [0.15, 0.2) is 72.8 Å². The van der Waals surface area contributed by atoms with E-state index in [1.807, 2.05) is 72.8 Å². The van der Waals surface area contributed by atoms with Crippen molar-refractivity contribution in [3.05, 3.63) is 106 Å². The number of carbonyl (C=O) groups excluding carboxylic acids is 2. The van der Waals surface area contributed by atoms with E-state index < -0.39 is 23.7 Å². The van der Waals surface area contributed by atoms with E-state index in [0.29, 0.717) is 57.5 Å². The summed E-state index contributed by atoms with van der Waals surface area (Å²) in [5.74, 6) is 2.27. The molecule has 0 radical (unpaired) electrons. The Balaban J connectivity index is 0.938. The van der Waals surface area contributed by atoms with E-state index in [1.54, 1.807) is 42.7 Å². The Kier molecular flexibility index (Phi) is 10.2. The number of cyclic esters (lactones) is 2. The normalized spacial score (nSPS) is 24.8. The van der Waals surface area contributed by atoms with E-state index in [0.717, 1.165) is 44.8 Å². The average Bonchev–Trinajstić information content (AvgIpc) is 4.17. The number of ether oxygens (including phenoxy) is 12. The molecule has 16 heteroatoms. The van der Waals surface area contributed by atoms with Gasteiger partial charge in [0, 0.05) is 35.0 Å². The second-order valence-electron chi connectivity index (χ2n) is 17.0. The SMILES string of the molecule is COc1cc([C@@H]2c3cc4c(cc3[C@@H](Nc3ccc(N[C@@H]5c6cc7c(cc6[C@@H](c6cc(OC)c(OC)c(OC)c6)[C@H]6C(=O)OC[C@@H]65)OCO7)cc3)[C@H]3COC(=O)[C@H]23)OCO4)cc(OC)c1OC. The number of hydrogen-bond acceptors (Lipinski definition) is 16. The number of anilines is 2. The maximum Gasteiger partial charge on any atom is 0.310 e. The highest BCUT2D eigenvalue weighted by molar-refractivity contribution is 5.81. The highest BCUT2D eigenvalue weighted by atomic mass is 16.7. The predicted molar refractivity (Wildman–Crippen MR) is 236 cm³/mol. The second-order valence-corrected chi connectivity index (χ2v) is 17.0. The van der Waals surface area contributed by atoms with Crippen LogP contribution in [0.3, 0.4) is 0 Å². The molecule has 4 heterocycles. The van der Waals surface area contributed by atoms with Gasteiger partial charge in [0.2, 0.25) is 25.1 Å². The Morgan fingerprint density at radius 3 is 1.09 bits per heavy atom. The molecule has 0 bridgehead atoms. The third kappa shape index (κ3) is 6.47. The maximum atomic E-state index is 13.9. The fraction of sp³-hybridized carbons (Fsp3) is 0.360. The molecule has 0 spiro atoms. The monoisotopic (exact) mass is 900 g/mol. The number of hydrogen-bond donors (Lipinski definition) is 2. The second kappa shape index (κ2) is 16.3. The van der Waals surface area contributed by atoms with Crippen LogP contribution in [-0.2, 0) is 19.1 Å². The van der Waals surface area contributed by atoms with Gasteiger partial charge in [-0.05, 0) is 106 Å². The van der Waals surface area contributed by atoms with Crippen molar-refractivity contribution in [3.8, 4) is 57.5 Å². The van der Waals surface area contributed by atoms with Gasteiger partial charge in [0.05, 0.1) is 79.8 Å². The Morgan fingerprint density at radius 1 is 0.439 bits per heavy atom. The van der Waals surface area contributed by atoms with Crippen LogP contribution in [0.1, 0.15) is 57.3 Å². The fourth-order valence-corrected chi connectivity index (χ4v) is 11.1. The van der Waals surface area contributed by atoms with E-state index in [2.05, 4.69) is 10.6 Å². The molecular formula is C50H48N2O14. The minimum Gasteiger partial charge on any atom is -0.493 e. The topological polar surface area (TPSA) is 169 Å². The Labute approximate surface area is 380 Å². The largest absolute Gasteiger partial charge is 0.493 e. The van der Waals surface area contributed by atoms with Crippen LogP contribution in [-0.4, -0.2) is 81.4 Å². The van der Waals surface area contributed by atoms with Crippen molar-refractivity contribution >= 4 is 23.3 Å². The number of fused-ring (bicyclic) bond motifs is 6. The van der Waals surface area contributed by atoms with E-state index in [-0.39, 0.29) is 62.7 Å². The first-order valence-corrected chi connectivity index (χ1v) is 21.7. The molecule has 4 aliphatic heterocycles. The Morgan fingerprint density at radius 2 is 0.773 bits per heavy atom. The van der Waals surface area contributed by atoms with Crippen molar-refractivity contribution in [2.24, 2.45) is 23.7 Å². The lowest BCUT2D eigenvalue weighted by atomic mass is 9.65. The predicted octanol–water partition coefficient (Wildman–Crippen LogP) is 7.37. The molecule has 11 rings (SSSR count). The summed E-state index contributed by atoms with van der Waals surface area (Å²) in [7, 11) is 9.40. The number of rotatable bonds is 12. The van der Waals surface area contributed by atoms with Crippen LogP contribution in [0.5, 0.6) is 57.5 Å². The fourth-order valence-electron chi connectivity index (χ4n) is 11.1. The molecule has 8 atom stereocenters. The summed E-state index contributed by atoms with van der Waals surface area (Å²) < 4.78 is 69.6. The van der Waals surface area contributed by atoms with Gasteiger partial charge in [-0.1, -0.05) is 0 Å². The summed E-state index contributed by atoms with van der Waals surface area (Å²) in [5, 5.41) is 7.55. The third-order valence-electron chi connectivity index (χ3n) is 14.0. The van der Waals surface area contributed by atoms with Gasteiger partial charge in [-0.3, -0.25) is 9.59 Å². The van der Waals surface area contributed by atoms with Gasteiger partial charge in [-0.15, -0.1) is 0 Å². The summed E-state index contributed by atoms with van der Waals surface area (Å²) in [5.41, 5.74) is 6.98. The minimum absolute atomic E-state index is 0.0940. The molecule has 2 saturated heterocycles. The molecule has 0 unspecified atom stereocenters. The molecule has 0 aromatic heterocycles. The molecule has 0 amide bonds. The number of esters is 2. The Bertz CT molecular complexity index is 2520. The van der Waals surface area contributed by atoms with Gasteiger partial charge >= 0.3 is 11.9 Å². The first-order chi connectivity index (χ1) is 32.2. The van der Waals surface area contributed by atoms with E-state index in [4.69, 9.17) is 56.8 Å². The first kappa shape index (κ1) is 41.4. The molecule has 2 fully saturated rings. The molecule has 6 aliphatic rings. The smallest absolute Gasteiger partial charge is 0.310 e. The van der Waals surface area contributed by atoms with Crippen LogP contribution in [0.2, 0.25) is 0 Å². The maximum absolute atomic E-state index is 13.9. The summed E-state index contributed by atoms with van der Waals surface area (Å²) in [6.45, 7) is 0.624. The van der Waals surface area contributed by atoms with Crippen molar-refractivity contribution in [2.45, 2.75) is 23.9 Å². The van der Waals surface area contributed by atoms with Crippen molar-refractivity contribution < 1.29 is 66.4 Å². The van der Waals surface area contributed by atoms with Gasteiger partial charge in [0.15, 0.2) is 46.0 Å². The zero-order valence-electron chi connectivity index (χ0n) is 37.1. The van der Waals surface area contributed by atoms with Crippen molar-refractivity contribution in [1.82, 2.24) is 0 Å². The molecule has 5 aromatic rings. The van der Waals surface area contributed by atoms with Gasteiger partial charge in [-0.2, -0.15) is 0 Å². The molecule has 2 N–H and O–H groups in total. The van der Waals surface area contributed by atoms with Gasteiger partial charge in [0.1, 0.15) is 0 Å². The molecule has 342 valence electrons. The van der Waals surface area contributed by atoms with Crippen molar-refractivity contribution in [1.29, 1.82) is 0 Å². The number of nitrogens with one attached hydrogen (secondary N) is 2. The molecule has 5 aromatic carbocycles. The number of carbonyl (C=O) groups is 2. The van der Waals surface area contributed by atoms with E-state index >= 15 is 0 Å². The number of methoxy groups -OCH3 is 6. The van der Waals surface area contributed by atoms with Gasteiger partial charge in [0.25, 0.3) is 0 Å². The quantitative estimate of drug-likeness (QED) is 0.119. The summed E-state index contributed by atoms with van der Waals surface area (Å²) in [4.78, 5) is 27.7. The van der Waals surface area contributed by atoms with E-state index in [1.165, 1.54) is 0 Å². The molecular weight excluding hydrogens is 853 g/mol. The summed E-state index contributed by atoms with van der Waals surface area (Å²) in [6, 6.07) is 22.9. The molecule has 0 saturated carbocycles. The van der Waals surface area contributed by atoms with Crippen LogP contribution >= 0.6 is 0 Å². The molecule has 66 heavy (non-hydrogen) atoms. The molecule has 2 aliphatic carbocycles. The van der Waals surface area contributed by atoms with Crippen molar-refractivity contribution in [3.63, 3.8) is 0 Å². The van der Waals surface area contributed by atoms with Gasteiger partial charge in [-0.25, -0.2) is 0 Å². The lowest BCUT2D eigenvalue weighted by Crippen LogP contribution is -2.38. The Hall–Kier alpha value is -7.36. The molecule has 16 nitrogen and oxygen atoms in total. The summed E-state index contributed by atoms with van der Waals surface area (Å²) >= 11 is 0. The lowest BCUT2D eigenvalue weighted by molar-refractivity contribution is -0.142. The zero-order valence-corrected chi connectivity index (χ0v) is 37.1. The standard InChI is InChI=1S/C50H48N2O14/c1-55-37-11-23(12-38(56-2)47(37)59-5)41-27-15-33-35(65-21-63-33)17-29(27)45(31-19-61-49(53)43(31)41)51-25-7-9-26(10-8-25)52-46-30-18-36-34(64-22-66-36)16-28(30)42(44-32(46)20-62-50(44)54)24-13-39(57-3)48(60-6)40(14-24)58-4/h7-18,31-32,41-46,51-52H,19-22H2,1-6H3/t31-,32-,41+,42+,43-,44-,45+,46+/m0/s1. The summed E-state index contributed by atoms with van der Waals surface area (Å²) in [6.07, 6.45) is 0. The lowest BCUT2D eigenvalue weighted by Gasteiger charge is -2.40. The minimum atomic E-state index is -0.547. The first-order valence-electron chi connectivity index (χ1n) is 21.7. The number of benzene rings is 5. The highest BCUT2D eigenvalue weighted by Crippen LogP contribution is 2.58. The van der Waals surface area contributed by atoms with Crippen molar-refractivity contribution in [2.75, 3.05) is 80.1 Å². The van der Waals surface area contributed by atoms with Crippen LogP contribution < -0.4 is 58.0 Å². The zero-order chi connectivity index (χ0) is 45.4. The van der Waals surface area contributed by atoms with Crippen LogP contribution in [0, 0.1) is 23.7 Å². The highest BCUT2D eigenvalue weighted by Gasteiger charge is 2.54. The van der Waals surface area contributed by atoms with Crippen LogP contribution in [0.4, 0.5) is 11.4 Å². The van der Waals surface area contributed by atoms with E-state index in [9.17, 15) is 9.59 Å². The average molecular weight is 901 g/mol.